The zero-order valence-corrected chi connectivity index (χ0v) is 16.5. The van der Waals surface area contributed by atoms with Crippen molar-refractivity contribution in [3.8, 4) is 0 Å². The second-order valence-corrected chi connectivity index (χ2v) is 7.77. The first-order valence-corrected chi connectivity index (χ1v) is 9.92. The van der Waals surface area contributed by atoms with Gasteiger partial charge < -0.3 is 19.9 Å². The molecule has 0 radical (unpaired) electrons. The Morgan fingerprint density at radius 1 is 1.27 bits per heavy atom. The van der Waals surface area contributed by atoms with Crippen LogP contribution < -0.4 is 10.2 Å². The topological polar surface area (TPSA) is 96.2 Å². The molecular formula is C19H23F3N6O2. The first kappa shape index (κ1) is 20.6. The van der Waals surface area contributed by atoms with Crippen LogP contribution in [0.4, 0.5) is 24.8 Å². The number of carbonyl (C=O) groups excluding carboxylic acids is 1. The van der Waals surface area contributed by atoms with Gasteiger partial charge in [-0.25, -0.2) is 15.0 Å². The van der Waals surface area contributed by atoms with Crippen LogP contribution in [0.5, 0.6) is 0 Å². The molecule has 2 aromatic heterocycles. The number of aliphatic hydroxyl groups is 1. The van der Waals surface area contributed by atoms with Crippen molar-refractivity contribution in [1.29, 1.82) is 0 Å². The predicted octanol–water partition coefficient (Wildman–Crippen LogP) is 2.51. The van der Waals surface area contributed by atoms with Gasteiger partial charge in [0.05, 0.1) is 6.61 Å². The first-order chi connectivity index (χ1) is 14.3. The Hall–Kier alpha value is -2.69. The van der Waals surface area contributed by atoms with Gasteiger partial charge in [-0.2, -0.15) is 13.2 Å². The molecule has 0 aromatic carbocycles. The molecule has 4 rings (SSSR count). The number of anilines is 2. The summed E-state index contributed by atoms with van der Waals surface area (Å²) in [5.41, 5.74) is -0.0282. The molecule has 30 heavy (non-hydrogen) atoms. The van der Waals surface area contributed by atoms with Gasteiger partial charge in [-0.05, 0) is 18.8 Å². The Bertz CT molecular complexity index is 937. The molecular weight excluding hydrogens is 401 g/mol. The van der Waals surface area contributed by atoms with Crippen molar-refractivity contribution in [2.75, 3.05) is 29.9 Å². The molecule has 0 bridgehead atoms. The van der Waals surface area contributed by atoms with Gasteiger partial charge in [-0.15, -0.1) is 0 Å². The number of amides is 1. The molecule has 1 amide bonds. The van der Waals surface area contributed by atoms with E-state index in [2.05, 4.69) is 25.2 Å². The highest BCUT2D eigenvalue weighted by Gasteiger charge is 2.37. The van der Waals surface area contributed by atoms with Crippen molar-refractivity contribution in [3.05, 3.63) is 29.6 Å². The molecule has 1 saturated heterocycles. The lowest BCUT2D eigenvalue weighted by Gasteiger charge is -2.35. The van der Waals surface area contributed by atoms with Crippen LogP contribution >= 0.6 is 0 Å². The minimum atomic E-state index is -4.52. The fourth-order valence-corrected chi connectivity index (χ4v) is 4.28. The third-order valence-corrected chi connectivity index (χ3v) is 5.70. The van der Waals surface area contributed by atoms with Gasteiger partial charge in [0.15, 0.2) is 5.69 Å². The lowest BCUT2D eigenvalue weighted by atomic mass is 9.92. The SMILES string of the molecule is C[C@@H]1CC(=O)Nc2ncnc(N3CCC(c4nc(C(F)(F)F)cn4CCO)CC3)c21. The average Bonchev–Trinajstić information content (AvgIpc) is 3.12. The highest BCUT2D eigenvalue weighted by molar-refractivity contribution is 5.94. The number of alkyl halides is 3. The van der Waals surface area contributed by atoms with E-state index >= 15 is 0 Å². The molecule has 2 N–H and O–H groups in total. The van der Waals surface area contributed by atoms with E-state index in [1.54, 1.807) is 0 Å². The summed E-state index contributed by atoms with van der Waals surface area (Å²) in [6, 6.07) is 0. The third kappa shape index (κ3) is 3.85. The number of nitrogens with one attached hydrogen (secondary N) is 1. The zero-order valence-electron chi connectivity index (χ0n) is 16.5. The summed E-state index contributed by atoms with van der Waals surface area (Å²) in [5.74, 6) is 1.43. The molecule has 4 heterocycles. The second-order valence-electron chi connectivity index (χ2n) is 7.77. The fraction of sp³-hybridized carbons (Fsp3) is 0.579. The Balaban J connectivity index is 1.54. The maximum absolute atomic E-state index is 13.1. The van der Waals surface area contributed by atoms with Gasteiger partial charge in [0.2, 0.25) is 5.91 Å². The number of aromatic nitrogens is 4. The molecule has 0 saturated carbocycles. The molecule has 162 valence electrons. The minimum Gasteiger partial charge on any atom is -0.395 e. The van der Waals surface area contributed by atoms with Crippen LogP contribution in [0.1, 0.15) is 55.1 Å². The normalized spacial score (nSPS) is 20.2. The smallest absolute Gasteiger partial charge is 0.395 e. The summed E-state index contributed by atoms with van der Waals surface area (Å²) in [6.07, 6.45) is -0.539. The van der Waals surface area contributed by atoms with Crippen molar-refractivity contribution < 1.29 is 23.1 Å². The van der Waals surface area contributed by atoms with Crippen LogP contribution in [-0.4, -0.2) is 50.2 Å². The number of piperidine rings is 1. The molecule has 2 aliphatic heterocycles. The van der Waals surface area contributed by atoms with Crippen molar-refractivity contribution in [1.82, 2.24) is 19.5 Å². The first-order valence-electron chi connectivity index (χ1n) is 9.92. The number of hydrogen-bond acceptors (Lipinski definition) is 6. The van der Waals surface area contributed by atoms with Crippen LogP contribution in [-0.2, 0) is 17.5 Å². The van der Waals surface area contributed by atoms with Gasteiger partial charge in [-0.3, -0.25) is 4.79 Å². The summed E-state index contributed by atoms with van der Waals surface area (Å²) >= 11 is 0. The van der Waals surface area contributed by atoms with Crippen molar-refractivity contribution in [2.45, 2.75) is 50.7 Å². The van der Waals surface area contributed by atoms with Crippen molar-refractivity contribution in [3.63, 3.8) is 0 Å². The second kappa shape index (κ2) is 7.86. The number of nitrogens with zero attached hydrogens (tertiary/aromatic N) is 5. The molecule has 2 aromatic rings. The van der Waals surface area contributed by atoms with Crippen molar-refractivity contribution >= 4 is 17.5 Å². The molecule has 0 unspecified atom stereocenters. The van der Waals surface area contributed by atoms with Crippen LogP contribution in [0.25, 0.3) is 0 Å². The molecule has 1 fully saturated rings. The number of fused-ring (bicyclic) bond motifs is 1. The standard InChI is InChI=1S/C19H23F3N6O2/c1-11-8-14(30)26-16-15(11)18(24-10-23-16)27-4-2-12(3-5-27)17-25-13(19(20,21)22)9-28(17)6-7-29/h9-12,29H,2-8H2,1H3,(H,23,24,26,30)/t11-/m1/s1. The molecule has 1 atom stereocenters. The van der Waals surface area contributed by atoms with E-state index in [1.807, 2.05) is 6.92 Å². The maximum Gasteiger partial charge on any atom is 0.434 e. The quantitative estimate of drug-likeness (QED) is 0.783. The molecule has 11 heteroatoms. The molecule has 0 spiro atoms. The summed E-state index contributed by atoms with van der Waals surface area (Å²) in [4.78, 5) is 26.3. The van der Waals surface area contributed by atoms with E-state index in [1.165, 1.54) is 10.9 Å². The van der Waals surface area contributed by atoms with Crippen LogP contribution in [0.15, 0.2) is 12.5 Å². The number of aliphatic hydroxyl groups excluding tert-OH is 1. The van der Waals surface area contributed by atoms with Crippen LogP contribution in [0.2, 0.25) is 0 Å². The van der Waals surface area contributed by atoms with Crippen molar-refractivity contribution in [2.24, 2.45) is 0 Å². The Kier molecular flexibility index (Phi) is 5.39. The van der Waals surface area contributed by atoms with E-state index in [0.29, 0.717) is 44.0 Å². The summed E-state index contributed by atoms with van der Waals surface area (Å²) in [6.45, 7) is 2.98. The predicted molar refractivity (Wildman–Crippen MR) is 102 cm³/mol. The summed E-state index contributed by atoms with van der Waals surface area (Å²) in [7, 11) is 0. The lowest BCUT2D eigenvalue weighted by molar-refractivity contribution is -0.141. The number of halogens is 3. The van der Waals surface area contributed by atoms with Gasteiger partial charge in [0, 0.05) is 43.7 Å². The fourth-order valence-electron chi connectivity index (χ4n) is 4.28. The zero-order chi connectivity index (χ0) is 21.5. The van der Waals surface area contributed by atoms with Gasteiger partial charge in [-0.1, -0.05) is 6.92 Å². The average molecular weight is 424 g/mol. The largest absolute Gasteiger partial charge is 0.434 e. The summed E-state index contributed by atoms with van der Waals surface area (Å²) < 4.78 is 40.7. The lowest BCUT2D eigenvalue weighted by Crippen LogP contribution is -2.36. The maximum atomic E-state index is 13.1. The van der Waals surface area contributed by atoms with Gasteiger partial charge >= 0.3 is 6.18 Å². The number of imidazole rings is 1. The van der Waals surface area contributed by atoms with Crippen LogP contribution in [0, 0.1) is 0 Å². The van der Waals surface area contributed by atoms with E-state index in [-0.39, 0.29) is 30.9 Å². The van der Waals surface area contributed by atoms with Gasteiger partial charge in [0.25, 0.3) is 0 Å². The molecule has 8 nitrogen and oxygen atoms in total. The van der Waals surface area contributed by atoms with E-state index in [4.69, 9.17) is 0 Å². The highest BCUT2D eigenvalue weighted by Crippen LogP contribution is 2.39. The number of rotatable bonds is 4. The third-order valence-electron chi connectivity index (χ3n) is 5.70. The number of hydrogen-bond donors (Lipinski definition) is 2. The Morgan fingerprint density at radius 3 is 2.67 bits per heavy atom. The van der Waals surface area contributed by atoms with E-state index < -0.39 is 11.9 Å². The highest BCUT2D eigenvalue weighted by atomic mass is 19.4. The summed E-state index contributed by atoms with van der Waals surface area (Å²) in [5, 5.41) is 12.0. The van der Waals surface area contributed by atoms with E-state index in [9.17, 15) is 23.1 Å². The van der Waals surface area contributed by atoms with Gasteiger partial charge in [0.1, 0.15) is 23.8 Å². The monoisotopic (exact) mass is 424 g/mol. The Labute approximate surface area is 171 Å². The van der Waals surface area contributed by atoms with Crippen LogP contribution in [0.3, 0.4) is 0 Å². The molecule has 0 aliphatic carbocycles. The van der Waals surface area contributed by atoms with E-state index in [0.717, 1.165) is 17.6 Å². The number of carbonyl (C=O) groups is 1. The molecule has 2 aliphatic rings. The minimum absolute atomic E-state index is 0.0135. The Morgan fingerprint density at radius 2 is 2.00 bits per heavy atom.